The van der Waals surface area contributed by atoms with Crippen LogP contribution >= 0.6 is 0 Å². The average molecular weight is 231 g/mol. The van der Waals surface area contributed by atoms with Crippen LogP contribution in [-0.2, 0) is 6.42 Å². The fraction of sp³-hybridized carbons (Fsp3) is 0.0769. The third kappa shape index (κ3) is 2.47. The van der Waals surface area contributed by atoms with Crippen molar-refractivity contribution in [3.05, 3.63) is 59.2 Å². The largest absolute Gasteiger partial charge is 0.350 e. The van der Waals surface area contributed by atoms with Crippen LogP contribution in [-0.4, -0.2) is 17.1 Å². The summed E-state index contributed by atoms with van der Waals surface area (Å²) in [5, 5.41) is 0. The Hall–Kier alpha value is -2.23. The lowest BCUT2D eigenvalue weighted by atomic mass is 10.1. The predicted octanol–water partition coefficient (Wildman–Crippen LogP) is 2.39. The summed E-state index contributed by atoms with van der Waals surface area (Å²) in [7, 11) is 0. The summed E-state index contributed by atoms with van der Waals surface area (Å²) in [6.45, 7) is 0. The quantitative estimate of drug-likeness (QED) is 0.648. The zero-order valence-corrected chi connectivity index (χ0v) is 8.94. The molecule has 0 fully saturated rings. The van der Waals surface area contributed by atoms with Crippen molar-refractivity contribution in [2.45, 2.75) is 6.42 Å². The number of ketones is 1. The second-order valence-corrected chi connectivity index (χ2v) is 3.64. The number of aldehydes is 1. The molecule has 1 aromatic carbocycles. The number of Topliss-reactive ketones (excluding diaryl/α,β-unsaturated/α-hetero) is 1. The molecule has 0 aliphatic heterocycles. The van der Waals surface area contributed by atoms with Gasteiger partial charge in [-0.1, -0.05) is 18.2 Å². The molecule has 0 unspecified atom stereocenters. The molecule has 1 heterocycles. The van der Waals surface area contributed by atoms with Crippen molar-refractivity contribution in [2.75, 3.05) is 0 Å². The molecule has 0 amide bonds. The molecule has 0 saturated heterocycles. The van der Waals surface area contributed by atoms with E-state index in [-0.39, 0.29) is 12.2 Å². The molecule has 3 nitrogen and oxygen atoms in total. The van der Waals surface area contributed by atoms with Gasteiger partial charge in [-0.2, -0.15) is 0 Å². The van der Waals surface area contributed by atoms with Crippen LogP contribution in [0.25, 0.3) is 0 Å². The minimum absolute atomic E-state index is 0.0223. The molecule has 0 aliphatic rings. The second-order valence-electron chi connectivity index (χ2n) is 3.64. The summed E-state index contributed by atoms with van der Waals surface area (Å²) in [6.07, 6.45) is 0.603. The van der Waals surface area contributed by atoms with Crippen LogP contribution in [0, 0.1) is 5.82 Å². The van der Waals surface area contributed by atoms with E-state index in [1.807, 2.05) is 0 Å². The Morgan fingerprint density at radius 1 is 1.24 bits per heavy atom. The zero-order valence-electron chi connectivity index (χ0n) is 8.94. The minimum Gasteiger partial charge on any atom is -0.350 e. The maximum atomic E-state index is 13.3. The number of aromatic nitrogens is 1. The van der Waals surface area contributed by atoms with Crippen LogP contribution in [0.15, 0.2) is 36.4 Å². The maximum absolute atomic E-state index is 13.3. The topological polar surface area (TPSA) is 49.9 Å². The summed E-state index contributed by atoms with van der Waals surface area (Å²) in [5.41, 5.74) is 0.997. The first kappa shape index (κ1) is 11.3. The van der Waals surface area contributed by atoms with Gasteiger partial charge in [0.15, 0.2) is 12.1 Å². The van der Waals surface area contributed by atoms with Gasteiger partial charge in [-0.15, -0.1) is 0 Å². The lowest BCUT2D eigenvalue weighted by Gasteiger charge is -2.00. The predicted molar refractivity (Wildman–Crippen MR) is 60.6 cm³/mol. The van der Waals surface area contributed by atoms with E-state index >= 15 is 0 Å². The van der Waals surface area contributed by atoms with Gasteiger partial charge in [-0.3, -0.25) is 9.59 Å². The number of carbonyl (C=O) groups excluding carboxylic acids is 2. The number of benzene rings is 1. The van der Waals surface area contributed by atoms with Gasteiger partial charge in [0.25, 0.3) is 0 Å². The van der Waals surface area contributed by atoms with E-state index in [0.717, 1.165) is 0 Å². The van der Waals surface area contributed by atoms with Crippen LogP contribution in [0.5, 0.6) is 0 Å². The fourth-order valence-electron chi connectivity index (χ4n) is 1.55. The fourth-order valence-corrected chi connectivity index (χ4v) is 1.55. The molecular weight excluding hydrogens is 221 g/mol. The summed E-state index contributed by atoms with van der Waals surface area (Å²) in [4.78, 5) is 24.9. The zero-order chi connectivity index (χ0) is 12.3. The maximum Gasteiger partial charge on any atom is 0.183 e. The van der Waals surface area contributed by atoms with E-state index in [1.165, 1.54) is 18.2 Å². The van der Waals surface area contributed by atoms with Crippen LogP contribution in [0.2, 0.25) is 0 Å². The Morgan fingerprint density at radius 3 is 2.65 bits per heavy atom. The normalized spacial score (nSPS) is 10.2. The van der Waals surface area contributed by atoms with Gasteiger partial charge in [0.2, 0.25) is 0 Å². The number of halogens is 1. The molecule has 86 valence electrons. The van der Waals surface area contributed by atoms with Crippen molar-refractivity contribution in [2.24, 2.45) is 0 Å². The molecule has 0 saturated carbocycles. The summed E-state index contributed by atoms with van der Waals surface area (Å²) >= 11 is 0. The highest BCUT2D eigenvalue weighted by molar-refractivity contribution is 5.96. The van der Waals surface area contributed by atoms with E-state index in [0.29, 0.717) is 23.2 Å². The summed E-state index contributed by atoms with van der Waals surface area (Å²) in [6, 6.07) is 9.17. The second kappa shape index (κ2) is 4.74. The van der Waals surface area contributed by atoms with Gasteiger partial charge in [0.05, 0.1) is 11.4 Å². The average Bonchev–Trinajstić information content (AvgIpc) is 2.81. The lowest BCUT2D eigenvalue weighted by Crippen LogP contribution is -2.05. The molecular formula is C13H10FNO2. The molecule has 4 heteroatoms. The standard InChI is InChI=1S/C13H10FNO2/c14-11-4-2-1-3-9(11)7-13(17)12-6-5-10(8-16)15-12/h1-6,8,15H,7H2. The van der Waals surface area contributed by atoms with Gasteiger partial charge in [-0.05, 0) is 23.8 Å². The van der Waals surface area contributed by atoms with Crippen molar-refractivity contribution in [1.82, 2.24) is 4.98 Å². The SMILES string of the molecule is O=Cc1ccc(C(=O)Cc2ccccc2F)[nH]1. The number of rotatable bonds is 4. The van der Waals surface area contributed by atoms with Crippen molar-refractivity contribution in [3.63, 3.8) is 0 Å². The smallest absolute Gasteiger partial charge is 0.183 e. The highest BCUT2D eigenvalue weighted by Crippen LogP contribution is 2.10. The Labute approximate surface area is 97.3 Å². The van der Waals surface area contributed by atoms with Crippen molar-refractivity contribution in [1.29, 1.82) is 0 Å². The number of H-pyrrole nitrogens is 1. The van der Waals surface area contributed by atoms with E-state index in [2.05, 4.69) is 4.98 Å². The van der Waals surface area contributed by atoms with Crippen LogP contribution in [0.1, 0.15) is 26.5 Å². The highest BCUT2D eigenvalue weighted by atomic mass is 19.1. The van der Waals surface area contributed by atoms with Crippen molar-refractivity contribution in [3.8, 4) is 0 Å². The number of hydrogen-bond donors (Lipinski definition) is 1. The Balaban J connectivity index is 2.17. The third-order valence-corrected chi connectivity index (χ3v) is 2.44. The monoisotopic (exact) mass is 231 g/mol. The van der Waals surface area contributed by atoms with Crippen molar-refractivity contribution >= 4 is 12.1 Å². The molecule has 2 rings (SSSR count). The van der Waals surface area contributed by atoms with Gasteiger partial charge < -0.3 is 4.98 Å². The van der Waals surface area contributed by atoms with Crippen LogP contribution in [0.3, 0.4) is 0 Å². The number of hydrogen-bond acceptors (Lipinski definition) is 2. The molecule has 0 radical (unpaired) electrons. The highest BCUT2D eigenvalue weighted by Gasteiger charge is 2.11. The van der Waals surface area contributed by atoms with Gasteiger partial charge in [0, 0.05) is 6.42 Å². The van der Waals surface area contributed by atoms with Gasteiger partial charge in [0.1, 0.15) is 5.82 Å². The first-order valence-corrected chi connectivity index (χ1v) is 5.11. The molecule has 1 aromatic heterocycles. The number of carbonyl (C=O) groups is 2. The summed E-state index contributed by atoms with van der Waals surface area (Å²) in [5.74, 6) is -0.647. The number of aromatic amines is 1. The molecule has 0 bridgehead atoms. The Kier molecular flexibility index (Phi) is 3.14. The molecule has 2 aromatic rings. The number of nitrogens with one attached hydrogen (secondary N) is 1. The minimum atomic E-state index is -0.400. The van der Waals surface area contributed by atoms with Crippen LogP contribution < -0.4 is 0 Å². The first-order valence-electron chi connectivity index (χ1n) is 5.11. The summed E-state index contributed by atoms with van der Waals surface area (Å²) < 4.78 is 13.3. The van der Waals surface area contributed by atoms with Gasteiger partial charge >= 0.3 is 0 Å². The van der Waals surface area contributed by atoms with E-state index in [9.17, 15) is 14.0 Å². The molecule has 0 spiro atoms. The molecule has 17 heavy (non-hydrogen) atoms. The Bertz CT molecular complexity index is 560. The molecule has 0 atom stereocenters. The lowest BCUT2D eigenvalue weighted by molar-refractivity contribution is 0.0987. The van der Waals surface area contributed by atoms with E-state index in [1.54, 1.807) is 18.2 Å². The Morgan fingerprint density at radius 2 is 2.00 bits per heavy atom. The molecule has 0 aliphatic carbocycles. The third-order valence-electron chi connectivity index (χ3n) is 2.44. The van der Waals surface area contributed by atoms with Gasteiger partial charge in [-0.25, -0.2) is 4.39 Å². The molecule has 1 N–H and O–H groups in total. The van der Waals surface area contributed by atoms with Crippen LogP contribution in [0.4, 0.5) is 4.39 Å². The first-order chi connectivity index (χ1) is 8.20. The van der Waals surface area contributed by atoms with Crippen molar-refractivity contribution < 1.29 is 14.0 Å². The van der Waals surface area contributed by atoms with E-state index in [4.69, 9.17) is 0 Å². The van der Waals surface area contributed by atoms with E-state index < -0.39 is 5.82 Å².